The highest BCUT2D eigenvalue weighted by atomic mass is 28.4. The smallest absolute Gasteiger partial charge is 0.249 e. The van der Waals surface area contributed by atoms with E-state index in [0.717, 1.165) is 0 Å². The summed E-state index contributed by atoms with van der Waals surface area (Å²) in [5, 5.41) is 0.312. The van der Waals surface area contributed by atoms with Gasteiger partial charge in [-0.2, -0.15) is 0 Å². The first kappa shape index (κ1) is 10.8. The summed E-state index contributed by atoms with van der Waals surface area (Å²) in [6.45, 7) is 13.2. The van der Waals surface area contributed by atoms with Crippen molar-refractivity contribution in [3.8, 4) is 0 Å². The van der Waals surface area contributed by atoms with Crippen LogP contribution < -0.4 is 0 Å². The molecule has 0 aliphatic rings. The predicted octanol–water partition coefficient (Wildman–Crippen LogP) is 3.54. The highest BCUT2D eigenvalue weighted by molar-refractivity contribution is 6.74. The molecule has 0 rings (SSSR count). The molecule has 0 saturated carbocycles. The maximum atomic E-state index is 5.70. The Morgan fingerprint density at radius 1 is 1.18 bits per heavy atom. The standard InChI is InChI=1S/C9H20OSi/c1-7-8-10-11(5,6)9(2,3)4/h7-8H,1-6H3. The average Bonchev–Trinajstić information content (AvgIpc) is 1.81. The summed E-state index contributed by atoms with van der Waals surface area (Å²) >= 11 is 0. The third kappa shape index (κ3) is 3.10. The minimum atomic E-state index is -1.51. The van der Waals surface area contributed by atoms with Crippen LogP contribution in [-0.2, 0) is 4.43 Å². The van der Waals surface area contributed by atoms with Crippen molar-refractivity contribution in [2.24, 2.45) is 0 Å². The molecular formula is C9H20OSi. The molecule has 0 bridgehead atoms. The lowest BCUT2D eigenvalue weighted by Gasteiger charge is -2.34. The average molecular weight is 172 g/mol. The van der Waals surface area contributed by atoms with Crippen LogP contribution in [0.15, 0.2) is 12.3 Å². The molecule has 0 aliphatic heterocycles. The fraction of sp³-hybridized carbons (Fsp3) is 0.778. The molecule has 66 valence electrons. The first-order valence-corrected chi connectivity index (χ1v) is 7.01. The molecule has 0 amide bonds. The zero-order valence-electron chi connectivity index (χ0n) is 8.56. The van der Waals surface area contributed by atoms with Crippen LogP contribution in [-0.4, -0.2) is 8.32 Å². The quantitative estimate of drug-likeness (QED) is 0.457. The Kier molecular flexibility index (Phi) is 3.36. The Hall–Kier alpha value is -0.243. The van der Waals surface area contributed by atoms with E-state index in [2.05, 4.69) is 33.9 Å². The number of rotatable bonds is 2. The minimum Gasteiger partial charge on any atom is -0.549 e. The Balaban J connectivity index is 4.22. The van der Waals surface area contributed by atoms with Crippen molar-refractivity contribution in [3.05, 3.63) is 12.3 Å². The zero-order valence-corrected chi connectivity index (χ0v) is 9.56. The van der Waals surface area contributed by atoms with Gasteiger partial charge in [0.25, 0.3) is 0 Å². The highest BCUT2D eigenvalue weighted by Gasteiger charge is 2.37. The molecular weight excluding hydrogens is 152 g/mol. The van der Waals surface area contributed by atoms with Crippen LogP contribution in [0.2, 0.25) is 18.1 Å². The molecule has 11 heavy (non-hydrogen) atoms. The van der Waals surface area contributed by atoms with Crippen molar-refractivity contribution in [3.63, 3.8) is 0 Å². The number of hydrogen-bond donors (Lipinski definition) is 0. The van der Waals surface area contributed by atoms with Gasteiger partial charge in [0.2, 0.25) is 8.32 Å². The summed E-state index contributed by atoms with van der Waals surface area (Å²) in [7, 11) is -1.51. The van der Waals surface area contributed by atoms with E-state index in [0.29, 0.717) is 5.04 Å². The number of hydrogen-bond acceptors (Lipinski definition) is 1. The first-order valence-electron chi connectivity index (χ1n) is 4.10. The SMILES string of the molecule is CC=CO[Si](C)(C)C(C)(C)C. The molecule has 0 N–H and O–H groups in total. The topological polar surface area (TPSA) is 9.23 Å². The molecule has 0 atom stereocenters. The summed E-state index contributed by atoms with van der Waals surface area (Å²) in [6.07, 6.45) is 3.76. The van der Waals surface area contributed by atoms with Crippen molar-refractivity contribution >= 4 is 8.32 Å². The molecule has 0 aliphatic carbocycles. The van der Waals surface area contributed by atoms with E-state index >= 15 is 0 Å². The van der Waals surface area contributed by atoms with Gasteiger partial charge in [-0.15, -0.1) is 0 Å². The maximum absolute atomic E-state index is 5.70. The van der Waals surface area contributed by atoms with E-state index in [-0.39, 0.29) is 0 Å². The van der Waals surface area contributed by atoms with Gasteiger partial charge in [0.05, 0.1) is 6.26 Å². The maximum Gasteiger partial charge on any atom is 0.249 e. The molecule has 0 heterocycles. The Bertz CT molecular complexity index is 142. The zero-order chi connectivity index (χ0) is 9.12. The van der Waals surface area contributed by atoms with Gasteiger partial charge in [-0.1, -0.05) is 26.8 Å². The van der Waals surface area contributed by atoms with Crippen LogP contribution in [0.4, 0.5) is 0 Å². The van der Waals surface area contributed by atoms with Crippen LogP contribution in [0.25, 0.3) is 0 Å². The van der Waals surface area contributed by atoms with Gasteiger partial charge in [0.15, 0.2) is 0 Å². The van der Waals surface area contributed by atoms with Crippen LogP contribution >= 0.6 is 0 Å². The van der Waals surface area contributed by atoms with E-state index in [4.69, 9.17) is 4.43 Å². The Morgan fingerprint density at radius 2 is 1.64 bits per heavy atom. The normalized spacial score (nSPS) is 14.0. The molecule has 0 spiro atoms. The summed E-state index contributed by atoms with van der Waals surface area (Å²) in [6, 6.07) is 0. The minimum absolute atomic E-state index is 0.312. The molecule has 0 saturated heterocycles. The van der Waals surface area contributed by atoms with Crippen molar-refractivity contribution < 1.29 is 4.43 Å². The lowest BCUT2D eigenvalue weighted by molar-refractivity contribution is 0.429. The molecule has 0 fully saturated rings. The molecule has 0 unspecified atom stereocenters. The Morgan fingerprint density at radius 3 is 1.91 bits per heavy atom. The van der Waals surface area contributed by atoms with E-state index in [1.54, 1.807) is 0 Å². The molecule has 0 radical (unpaired) electrons. The summed E-state index contributed by atoms with van der Waals surface area (Å²) in [5.74, 6) is 0. The lowest BCUT2D eigenvalue weighted by Crippen LogP contribution is -2.39. The summed E-state index contributed by atoms with van der Waals surface area (Å²) in [5.41, 5.74) is 0. The molecule has 0 aromatic heterocycles. The highest BCUT2D eigenvalue weighted by Crippen LogP contribution is 2.36. The van der Waals surface area contributed by atoms with E-state index in [9.17, 15) is 0 Å². The van der Waals surface area contributed by atoms with Crippen LogP contribution in [0.5, 0.6) is 0 Å². The van der Waals surface area contributed by atoms with Crippen LogP contribution in [0.1, 0.15) is 27.7 Å². The third-order valence-electron chi connectivity index (χ3n) is 2.30. The van der Waals surface area contributed by atoms with E-state index < -0.39 is 8.32 Å². The van der Waals surface area contributed by atoms with Crippen LogP contribution in [0.3, 0.4) is 0 Å². The summed E-state index contributed by atoms with van der Waals surface area (Å²) < 4.78 is 5.70. The van der Waals surface area contributed by atoms with Crippen molar-refractivity contribution in [2.45, 2.75) is 45.8 Å². The van der Waals surface area contributed by atoms with Crippen molar-refractivity contribution in [1.29, 1.82) is 0 Å². The van der Waals surface area contributed by atoms with Gasteiger partial charge >= 0.3 is 0 Å². The second-order valence-corrected chi connectivity index (χ2v) is 9.10. The fourth-order valence-electron chi connectivity index (χ4n) is 0.415. The molecule has 0 aromatic rings. The molecule has 2 heteroatoms. The van der Waals surface area contributed by atoms with E-state index in [1.165, 1.54) is 0 Å². The van der Waals surface area contributed by atoms with Gasteiger partial charge in [0.1, 0.15) is 0 Å². The molecule has 1 nitrogen and oxygen atoms in total. The first-order chi connectivity index (χ1) is 4.81. The van der Waals surface area contributed by atoms with Gasteiger partial charge in [0, 0.05) is 0 Å². The van der Waals surface area contributed by atoms with Crippen molar-refractivity contribution in [1.82, 2.24) is 0 Å². The van der Waals surface area contributed by atoms with Crippen molar-refractivity contribution in [2.75, 3.05) is 0 Å². The van der Waals surface area contributed by atoms with Gasteiger partial charge in [-0.05, 0) is 25.1 Å². The second-order valence-electron chi connectivity index (χ2n) is 4.35. The third-order valence-corrected chi connectivity index (χ3v) is 6.64. The molecule has 0 aromatic carbocycles. The monoisotopic (exact) mass is 172 g/mol. The lowest BCUT2D eigenvalue weighted by atomic mass is 10.2. The van der Waals surface area contributed by atoms with Gasteiger partial charge < -0.3 is 4.43 Å². The Labute approximate surface area is 71.6 Å². The summed E-state index contributed by atoms with van der Waals surface area (Å²) in [4.78, 5) is 0. The van der Waals surface area contributed by atoms with Gasteiger partial charge in [-0.25, -0.2) is 0 Å². The predicted molar refractivity (Wildman–Crippen MR) is 53.1 cm³/mol. The second kappa shape index (κ2) is 3.44. The largest absolute Gasteiger partial charge is 0.549 e. The van der Waals surface area contributed by atoms with Gasteiger partial charge in [-0.3, -0.25) is 0 Å². The fourth-order valence-corrected chi connectivity index (χ4v) is 1.24. The number of allylic oxidation sites excluding steroid dienone is 1. The van der Waals surface area contributed by atoms with E-state index in [1.807, 2.05) is 19.3 Å². The van der Waals surface area contributed by atoms with Crippen LogP contribution in [0, 0.1) is 0 Å².